The van der Waals surface area contributed by atoms with Crippen LogP contribution in [0.3, 0.4) is 0 Å². The number of hydrogen-bond acceptors (Lipinski definition) is 5. The van der Waals surface area contributed by atoms with Gasteiger partial charge in [0.15, 0.2) is 0 Å². The zero-order valence-corrected chi connectivity index (χ0v) is 10.7. The first-order valence-corrected chi connectivity index (χ1v) is 6.15. The van der Waals surface area contributed by atoms with Crippen molar-refractivity contribution >= 4 is 11.9 Å². The van der Waals surface area contributed by atoms with Crippen molar-refractivity contribution in [3.05, 3.63) is 17.5 Å². The Bertz CT molecular complexity index is 450. The molecule has 0 aromatic carbocycles. The number of anilines is 1. The van der Waals surface area contributed by atoms with E-state index in [0.717, 1.165) is 24.2 Å². The summed E-state index contributed by atoms with van der Waals surface area (Å²) in [6, 6.07) is -0.547. The van der Waals surface area contributed by atoms with Gasteiger partial charge < -0.3 is 15.3 Å². The summed E-state index contributed by atoms with van der Waals surface area (Å²) in [7, 11) is 0. The van der Waals surface area contributed by atoms with Crippen molar-refractivity contribution in [2.75, 3.05) is 24.5 Å². The maximum Gasteiger partial charge on any atom is 0.322 e. The average molecular weight is 250 g/mol. The van der Waals surface area contributed by atoms with Crippen molar-refractivity contribution in [2.24, 2.45) is 0 Å². The monoisotopic (exact) mass is 250 g/mol. The Morgan fingerprint density at radius 1 is 1.67 bits per heavy atom. The molecule has 1 unspecified atom stereocenters. The molecule has 1 fully saturated rings. The number of carboxylic acid groups (broad SMARTS) is 1. The number of piperazine rings is 1. The number of rotatable bonds is 3. The quantitative estimate of drug-likeness (QED) is 0.798. The summed E-state index contributed by atoms with van der Waals surface area (Å²) in [5.41, 5.74) is 2.09. The lowest BCUT2D eigenvalue weighted by Crippen LogP contribution is -2.54. The number of hydrogen-bond donors (Lipinski definition) is 2. The summed E-state index contributed by atoms with van der Waals surface area (Å²) < 4.78 is 0. The minimum Gasteiger partial charge on any atom is -0.480 e. The predicted molar refractivity (Wildman–Crippen MR) is 67.8 cm³/mol. The van der Waals surface area contributed by atoms with E-state index in [1.165, 1.54) is 0 Å². The van der Waals surface area contributed by atoms with E-state index >= 15 is 0 Å². The fourth-order valence-corrected chi connectivity index (χ4v) is 2.07. The minimum atomic E-state index is -0.831. The number of carboxylic acids is 1. The highest BCUT2D eigenvalue weighted by Crippen LogP contribution is 2.13. The highest BCUT2D eigenvalue weighted by Gasteiger charge is 2.26. The Morgan fingerprint density at radius 2 is 2.44 bits per heavy atom. The van der Waals surface area contributed by atoms with Gasteiger partial charge in [0.25, 0.3) is 0 Å². The molecule has 2 N–H and O–H groups in total. The van der Waals surface area contributed by atoms with Crippen LogP contribution in [0.15, 0.2) is 6.20 Å². The number of carbonyl (C=O) groups is 1. The van der Waals surface area contributed by atoms with Crippen LogP contribution in [0.2, 0.25) is 0 Å². The largest absolute Gasteiger partial charge is 0.480 e. The van der Waals surface area contributed by atoms with Crippen molar-refractivity contribution < 1.29 is 9.90 Å². The second kappa shape index (κ2) is 5.30. The van der Waals surface area contributed by atoms with E-state index in [1.807, 2.05) is 11.8 Å². The third-order valence-corrected chi connectivity index (χ3v) is 3.16. The molecule has 1 atom stereocenters. The third-order valence-electron chi connectivity index (χ3n) is 3.16. The first kappa shape index (κ1) is 12.8. The van der Waals surface area contributed by atoms with E-state index in [2.05, 4.69) is 22.2 Å². The maximum atomic E-state index is 11.0. The Hall–Kier alpha value is -1.69. The van der Waals surface area contributed by atoms with Gasteiger partial charge in [-0.1, -0.05) is 6.92 Å². The molecule has 0 spiro atoms. The van der Waals surface area contributed by atoms with Gasteiger partial charge >= 0.3 is 5.97 Å². The molecule has 98 valence electrons. The molecule has 0 bridgehead atoms. The van der Waals surface area contributed by atoms with Crippen LogP contribution >= 0.6 is 0 Å². The van der Waals surface area contributed by atoms with Gasteiger partial charge in [-0.2, -0.15) is 0 Å². The van der Waals surface area contributed by atoms with Crippen LogP contribution in [0.5, 0.6) is 0 Å². The molecule has 18 heavy (non-hydrogen) atoms. The first-order valence-electron chi connectivity index (χ1n) is 6.15. The summed E-state index contributed by atoms with van der Waals surface area (Å²) in [5, 5.41) is 12.0. The van der Waals surface area contributed by atoms with Crippen molar-refractivity contribution in [1.82, 2.24) is 15.3 Å². The molecule has 6 heteroatoms. The summed E-state index contributed by atoms with van der Waals surface area (Å²) in [4.78, 5) is 21.7. The molecular formula is C12H18N4O2. The van der Waals surface area contributed by atoms with E-state index in [1.54, 1.807) is 6.20 Å². The van der Waals surface area contributed by atoms with Crippen molar-refractivity contribution in [3.8, 4) is 0 Å². The molecule has 0 radical (unpaired) electrons. The molecular weight excluding hydrogens is 232 g/mol. The molecule has 1 aliphatic heterocycles. The zero-order valence-electron chi connectivity index (χ0n) is 10.7. The lowest BCUT2D eigenvalue weighted by Gasteiger charge is -2.31. The molecule has 2 heterocycles. The second-order valence-corrected chi connectivity index (χ2v) is 4.44. The van der Waals surface area contributed by atoms with E-state index in [-0.39, 0.29) is 0 Å². The van der Waals surface area contributed by atoms with Crippen molar-refractivity contribution in [3.63, 3.8) is 0 Å². The summed E-state index contributed by atoms with van der Waals surface area (Å²) >= 11 is 0. The lowest BCUT2D eigenvalue weighted by atomic mass is 10.2. The Balaban J connectivity index is 2.18. The second-order valence-electron chi connectivity index (χ2n) is 4.44. The standard InChI is InChI=1S/C12H18N4O2/c1-3-9-8(2)6-14-12(15-9)16-5-4-13-10(7-16)11(17)18/h6,10,13H,3-5,7H2,1-2H3,(H,17,18). The van der Waals surface area contributed by atoms with Gasteiger partial charge in [-0.05, 0) is 18.9 Å². The normalized spacial score (nSPS) is 19.9. The topological polar surface area (TPSA) is 78.4 Å². The van der Waals surface area contributed by atoms with Crippen molar-refractivity contribution in [1.29, 1.82) is 0 Å². The van der Waals surface area contributed by atoms with Crippen LogP contribution in [0.25, 0.3) is 0 Å². The predicted octanol–water partition coefficient (Wildman–Crippen LogP) is 0.210. The Kier molecular flexibility index (Phi) is 3.76. The summed E-state index contributed by atoms with van der Waals surface area (Å²) in [6.45, 7) is 5.81. The molecule has 1 aromatic rings. The highest BCUT2D eigenvalue weighted by molar-refractivity contribution is 5.74. The van der Waals surface area contributed by atoms with E-state index in [9.17, 15) is 4.79 Å². The first-order chi connectivity index (χ1) is 8.61. The summed E-state index contributed by atoms with van der Waals surface area (Å²) in [6.07, 6.45) is 2.66. The van der Waals surface area contributed by atoms with Crippen LogP contribution in [0.1, 0.15) is 18.2 Å². The molecule has 0 saturated carbocycles. The van der Waals surface area contributed by atoms with Gasteiger partial charge in [0.05, 0.1) is 0 Å². The average Bonchev–Trinajstić information content (AvgIpc) is 2.39. The zero-order chi connectivity index (χ0) is 13.1. The smallest absolute Gasteiger partial charge is 0.322 e. The number of aryl methyl sites for hydroxylation is 2. The van der Waals surface area contributed by atoms with Gasteiger partial charge in [-0.15, -0.1) is 0 Å². The number of nitrogens with one attached hydrogen (secondary N) is 1. The van der Waals surface area contributed by atoms with Gasteiger partial charge in [0.2, 0.25) is 5.95 Å². The molecule has 1 saturated heterocycles. The fraction of sp³-hybridized carbons (Fsp3) is 0.583. The lowest BCUT2D eigenvalue weighted by molar-refractivity contribution is -0.139. The van der Waals surface area contributed by atoms with Crippen LogP contribution < -0.4 is 10.2 Å². The van der Waals surface area contributed by atoms with Gasteiger partial charge in [-0.3, -0.25) is 4.79 Å². The molecule has 2 rings (SSSR count). The fourth-order valence-electron chi connectivity index (χ4n) is 2.07. The molecule has 0 aliphatic carbocycles. The Labute approximate surface area is 106 Å². The van der Waals surface area contributed by atoms with Gasteiger partial charge in [0.1, 0.15) is 6.04 Å². The van der Waals surface area contributed by atoms with Crippen LogP contribution in [0.4, 0.5) is 5.95 Å². The Morgan fingerprint density at radius 3 is 3.11 bits per heavy atom. The number of nitrogens with zero attached hydrogens (tertiary/aromatic N) is 3. The molecule has 1 aromatic heterocycles. The highest BCUT2D eigenvalue weighted by atomic mass is 16.4. The van der Waals surface area contributed by atoms with Crippen LogP contribution in [-0.2, 0) is 11.2 Å². The molecule has 6 nitrogen and oxygen atoms in total. The molecule has 0 amide bonds. The van der Waals surface area contributed by atoms with Gasteiger partial charge in [-0.25, -0.2) is 9.97 Å². The van der Waals surface area contributed by atoms with Gasteiger partial charge in [0, 0.05) is 31.5 Å². The van der Waals surface area contributed by atoms with E-state index in [0.29, 0.717) is 19.0 Å². The number of aliphatic carboxylic acids is 1. The number of aromatic nitrogens is 2. The van der Waals surface area contributed by atoms with Crippen molar-refractivity contribution in [2.45, 2.75) is 26.3 Å². The van der Waals surface area contributed by atoms with Crippen LogP contribution in [-0.4, -0.2) is 46.7 Å². The van der Waals surface area contributed by atoms with E-state index < -0.39 is 12.0 Å². The minimum absolute atomic E-state index is 0.404. The van der Waals surface area contributed by atoms with E-state index in [4.69, 9.17) is 5.11 Å². The SMILES string of the molecule is CCc1nc(N2CCNC(C(=O)O)C2)ncc1C. The van der Waals surface area contributed by atoms with Crippen LogP contribution in [0, 0.1) is 6.92 Å². The third kappa shape index (κ3) is 2.59. The maximum absolute atomic E-state index is 11.0. The molecule has 1 aliphatic rings. The summed E-state index contributed by atoms with van der Waals surface area (Å²) in [5.74, 6) is -0.201.